The molecule has 1 aromatic heterocycles. The van der Waals surface area contributed by atoms with E-state index in [1.807, 2.05) is 25.1 Å². The van der Waals surface area contributed by atoms with Crippen molar-refractivity contribution in [2.75, 3.05) is 0 Å². The van der Waals surface area contributed by atoms with Crippen molar-refractivity contribution >= 4 is 5.78 Å². The van der Waals surface area contributed by atoms with Gasteiger partial charge in [0.25, 0.3) is 0 Å². The fourth-order valence-corrected chi connectivity index (χ4v) is 0.313. The molecule has 0 aliphatic carbocycles. The van der Waals surface area contributed by atoms with Gasteiger partial charge in [-0.25, -0.2) is 0 Å². The van der Waals surface area contributed by atoms with E-state index in [2.05, 4.69) is 4.98 Å². The van der Waals surface area contributed by atoms with Crippen molar-refractivity contribution in [2.24, 2.45) is 0 Å². The SMILES string of the molecule is CCC(C)=O.c1ccncc1. The van der Waals surface area contributed by atoms with Crippen molar-refractivity contribution in [3.63, 3.8) is 0 Å². The van der Waals surface area contributed by atoms with Crippen molar-refractivity contribution in [3.8, 4) is 0 Å². The number of rotatable bonds is 1. The maximum Gasteiger partial charge on any atom is 0.129 e. The number of nitrogens with zero attached hydrogens (tertiary/aromatic N) is 1. The smallest absolute Gasteiger partial charge is 0.129 e. The first kappa shape index (κ1) is 9.82. The largest absolute Gasteiger partial charge is 0.300 e. The van der Waals surface area contributed by atoms with Crippen LogP contribution in [-0.4, -0.2) is 10.8 Å². The minimum absolute atomic E-state index is 0.255. The molecule has 0 bridgehead atoms. The molecule has 0 atom stereocenters. The maximum absolute atomic E-state index is 9.81. The number of aromatic nitrogens is 1. The van der Waals surface area contributed by atoms with E-state index in [1.54, 1.807) is 19.3 Å². The second-order valence-electron chi connectivity index (χ2n) is 2.08. The van der Waals surface area contributed by atoms with E-state index in [1.165, 1.54) is 0 Å². The molecule has 60 valence electrons. The fourth-order valence-electron chi connectivity index (χ4n) is 0.313. The predicted octanol–water partition coefficient (Wildman–Crippen LogP) is 2.07. The van der Waals surface area contributed by atoms with Crippen LogP contribution in [0.3, 0.4) is 0 Å². The molecular formula is C9H13NO. The van der Waals surface area contributed by atoms with E-state index < -0.39 is 0 Å². The van der Waals surface area contributed by atoms with Gasteiger partial charge in [-0.15, -0.1) is 0 Å². The zero-order valence-corrected chi connectivity index (χ0v) is 6.95. The topological polar surface area (TPSA) is 30.0 Å². The van der Waals surface area contributed by atoms with Gasteiger partial charge in [-0.1, -0.05) is 13.0 Å². The summed E-state index contributed by atoms with van der Waals surface area (Å²) >= 11 is 0. The third-order valence-corrected chi connectivity index (χ3v) is 1.06. The Balaban J connectivity index is 0.000000187. The summed E-state index contributed by atoms with van der Waals surface area (Å²) < 4.78 is 0. The fraction of sp³-hybridized carbons (Fsp3) is 0.333. The Morgan fingerprint density at radius 3 is 1.82 bits per heavy atom. The lowest BCUT2D eigenvalue weighted by molar-refractivity contribution is -0.116. The van der Waals surface area contributed by atoms with E-state index in [9.17, 15) is 4.79 Å². The molecule has 0 N–H and O–H groups in total. The highest BCUT2D eigenvalue weighted by Crippen LogP contribution is 1.73. The molecule has 0 saturated carbocycles. The average Bonchev–Trinajstić information content (AvgIpc) is 2.09. The standard InChI is InChI=1S/C5H5N.C4H8O/c1-2-4-6-5-3-1;1-3-4(2)5/h1-5H;3H2,1-2H3. The summed E-state index contributed by atoms with van der Waals surface area (Å²) in [6.45, 7) is 3.43. The van der Waals surface area contributed by atoms with Gasteiger partial charge in [-0.3, -0.25) is 4.98 Å². The Hall–Kier alpha value is -1.18. The molecule has 0 unspecified atom stereocenters. The van der Waals surface area contributed by atoms with Crippen LogP contribution in [0, 0.1) is 0 Å². The molecule has 11 heavy (non-hydrogen) atoms. The van der Waals surface area contributed by atoms with Gasteiger partial charge in [0.05, 0.1) is 0 Å². The van der Waals surface area contributed by atoms with Gasteiger partial charge in [0.15, 0.2) is 0 Å². The maximum atomic E-state index is 9.81. The second kappa shape index (κ2) is 6.93. The molecule has 1 rings (SSSR count). The second-order valence-corrected chi connectivity index (χ2v) is 2.08. The molecule has 0 saturated heterocycles. The number of carbonyl (C=O) groups is 1. The molecule has 0 aromatic carbocycles. The summed E-state index contributed by atoms with van der Waals surface area (Å²) in [6.07, 6.45) is 4.17. The first-order valence-electron chi connectivity index (χ1n) is 3.61. The monoisotopic (exact) mass is 151 g/mol. The molecule has 0 aliphatic heterocycles. The Labute approximate surface area is 67.3 Å². The number of hydrogen-bond acceptors (Lipinski definition) is 2. The zero-order chi connectivity index (χ0) is 8.53. The van der Waals surface area contributed by atoms with E-state index in [0.29, 0.717) is 6.42 Å². The van der Waals surface area contributed by atoms with Crippen LogP contribution in [0.15, 0.2) is 30.6 Å². The molecule has 1 aromatic rings. The highest BCUT2D eigenvalue weighted by Gasteiger charge is 1.76. The lowest BCUT2D eigenvalue weighted by Crippen LogP contribution is -1.80. The van der Waals surface area contributed by atoms with Crippen molar-refractivity contribution in [1.82, 2.24) is 4.98 Å². The summed E-state index contributed by atoms with van der Waals surface area (Å²) in [5, 5.41) is 0. The lowest BCUT2D eigenvalue weighted by atomic mass is 10.4. The predicted molar refractivity (Wildman–Crippen MR) is 45.2 cm³/mol. The summed E-state index contributed by atoms with van der Waals surface area (Å²) in [4.78, 5) is 13.6. The van der Waals surface area contributed by atoms with Gasteiger partial charge in [0.2, 0.25) is 0 Å². The molecule has 0 amide bonds. The van der Waals surface area contributed by atoms with Gasteiger partial charge >= 0.3 is 0 Å². The Morgan fingerprint density at radius 1 is 1.27 bits per heavy atom. The average molecular weight is 151 g/mol. The highest BCUT2D eigenvalue weighted by atomic mass is 16.1. The van der Waals surface area contributed by atoms with E-state index in [-0.39, 0.29) is 5.78 Å². The van der Waals surface area contributed by atoms with Crippen LogP contribution in [0.2, 0.25) is 0 Å². The minimum atomic E-state index is 0.255. The third kappa shape index (κ3) is 8.82. The Kier molecular flexibility index (Phi) is 6.19. The van der Waals surface area contributed by atoms with Crippen LogP contribution in [-0.2, 0) is 4.79 Å². The number of Topliss-reactive ketones (excluding diaryl/α,β-unsaturated/α-hetero) is 1. The molecule has 0 fully saturated rings. The first-order valence-corrected chi connectivity index (χ1v) is 3.61. The van der Waals surface area contributed by atoms with Crippen molar-refractivity contribution in [1.29, 1.82) is 0 Å². The summed E-state index contributed by atoms with van der Waals surface area (Å²) in [6, 6.07) is 5.72. The van der Waals surface area contributed by atoms with E-state index in [4.69, 9.17) is 0 Å². The molecule has 1 heterocycles. The zero-order valence-electron chi connectivity index (χ0n) is 6.95. The minimum Gasteiger partial charge on any atom is -0.300 e. The van der Waals surface area contributed by atoms with E-state index in [0.717, 1.165) is 0 Å². The normalized spacial score (nSPS) is 7.82. The van der Waals surface area contributed by atoms with E-state index >= 15 is 0 Å². The summed E-state index contributed by atoms with van der Waals surface area (Å²) in [5.74, 6) is 0.255. The van der Waals surface area contributed by atoms with Gasteiger partial charge in [0.1, 0.15) is 5.78 Å². The number of ketones is 1. The highest BCUT2D eigenvalue weighted by molar-refractivity contribution is 5.74. The van der Waals surface area contributed by atoms with Crippen LogP contribution in [0.4, 0.5) is 0 Å². The number of carbonyl (C=O) groups excluding carboxylic acids is 1. The van der Waals surface area contributed by atoms with Crippen LogP contribution < -0.4 is 0 Å². The van der Waals surface area contributed by atoms with Gasteiger partial charge < -0.3 is 4.79 Å². The van der Waals surface area contributed by atoms with Crippen LogP contribution in [0.5, 0.6) is 0 Å². The van der Waals surface area contributed by atoms with Gasteiger partial charge in [0, 0.05) is 18.8 Å². The van der Waals surface area contributed by atoms with Crippen molar-refractivity contribution < 1.29 is 4.79 Å². The first-order chi connectivity index (χ1) is 5.27. The quantitative estimate of drug-likeness (QED) is 0.615. The molecule has 0 radical (unpaired) electrons. The third-order valence-electron chi connectivity index (χ3n) is 1.06. The van der Waals surface area contributed by atoms with Crippen molar-refractivity contribution in [3.05, 3.63) is 30.6 Å². The Bertz CT molecular complexity index is 157. The Morgan fingerprint density at radius 2 is 1.73 bits per heavy atom. The molecule has 2 heteroatoms. The molecular weight excluding hydrogens is 138 g/mol. The summed E-state index contributed by atoms with van der Waals surface area (Å²) in [5.41, 5.74) is 0. The van der Waals surface area contributed by atoms with Gasteiger partial charge in [-0.05, 0) is 19.1 Å². The number of hydrogen-bond donors (Lipinski definition) is 0. The molecule has 0 spiro atoms. The number of pyridine rings is 1. The van der Waals surface area contributed by atoms with Crippen LogP contribution in [0.25, 0.3) is 0 Å². The molecule has 2 nitrogen and oxygen atoms in total. The van der Waals surface area contributed by atoms with Crippen molar-refractivity contribution in [2.45, 2.75) is 20.3 Å². The lowest BCUT2D eigenvalue weighted by Gasteiger charge is -1.71. The van der Waals surface area contributed by atoms with Crippen LogP contribution >= 0.6 is 0 Å². The van der Waals surface area contributed by atoms with Gasteiger partial charge in [-0.2, -0.15) is 0 Å². The summed E-state index contributed by atoms with van der Waals surface area (Å²) in [7, 11) is 0. The van der Waals surface area contributed by atoms with Crippen LogP contribution in [0.1, 0.15) is 20.3 Å². The molecule has 0 aliphatic rings.